The van der Waals surface area contributed by atoms with Crippen molar-refractivity contribution < 1.29 is 9.59 Å². The van der Waals surface area contributed by atoms with Gasteiger partial charge in [0.25, 0.3) is 5.91 Å². The summed E-state index contributed by atoms with van der Waals surface area (Å²) in [4.78, 5) is 30.5. The molecule has 9 heteroatoms. The molecule has 0 aliphatic carbocycles. The molecule has 1 spiro atoms. The van der Waals surface area contributed by atoms with Gasteiger partial charge in [0.2, 0.25) is 0 Å². The molecule has 1 aromatic heterocycles. The fraction of sp³-hybridized carbons (Fsp3) is 0.529. The first-order valence-corrected chi connectivity index (χ1v) is 8.80. The van der Waals surface area contributed by atoms with Crippen LogP contribution in [0.4, 0.5) is 10.6 Å². The summed E-state index contributed by atoms with van der Waals surface area (Å²) in [6, 6.07) is 2.92. The standard InChI is InChI=1S/C17H25N7O2/c1-11(2)21-16(26)22-13-9-12(3-6-19-13)14(25)24-7-4-17(5-8-24)10-20-15(18)23-17/h3,6,9,11H,4-5,7-8,10H2,1-2H3,(H3,18,20,23)(H2,19,21,22,26). The van der Waals surface area contributed by atoms with Crippen LogP contribution in [0.1, 0.15) is 37.0 Å². The molecule has 3 heterocycles. The molecular formula is C17H25N7O2. The third-order valence-electron chi connectivity index (χ3n) is 4.67. The van der Waals surface area contributed by atoms with Crippen LogP contribution < -0.4 is 21.3 Å². The zero-order valence-corrected chi connectivity index (χ0v) is 15.1. The van der Waals surface area contributed by atoms with Gasteiger partial charge in [-0.15, -0.1) is 0 Å². The lowest BCUT2D eigenvalue weighted by molar-refractivity contribution is 0.0669. The first-order chi connectivity index (χ1) is 12.4. The topological polar surface area (TPSA) is 122 Å². The van der Waals surface area contributed by atoms with Gasteiger partial charge >= 0.3 is 6.03 Å². The molecule has 0 saturated carbocycles. The lowest BCUT2D eigenvalue weighted by Gasteiger charge is -2.38. The number of carbonyl (C=O) groups excluding carboxylic acids is 2. The lowest BCUT2D eigenvalue weighted by Crippen LogP contribution is -2.53. The number of nitrogens with one attached hydrogen (secondary N) is 5. The number of nitrogens with zero attached hydrogens (tertiary/aromatic N) is 2. The summed E-state index contributed by atoms with van der Waals surface area (Å²) in [5.74, 6) is 0.627. The van der Waals surface area contributed by atoms with Crippen molar-refractivity contribution in [3.63, 3.8) is 0 Å². The van der Waals surface area contributed by atoms with Gasteiger partial charge in [-0.05, 0) is 38.8 Å². The number of rotatable bonds is 3. The zero-order valence-electron chi connectivity index (χ0n) is 15.1. The summed E-state index contributed by atoms with van der Waals surface area (Å²) in [5, 5.41) is 19.2. The highest BCUT2D eigenvalue weighted by Gasteiger charge is 2.40. The highest BCUT2D eigenvalue weighted by Crippen LogP contribution is 2.25. The van der Waals surface area contributed by atoms with Crippen molar-refractivity contribution in [2.24, 2.45) is 0 Å². The molecule has 2 aliphatic heterocycles. The number of pyridine rings is 1. The van der Waals surface area contributed by atoms with Crippen LogP contribution in [0.2, 0.25) is 0 Å². The van der Waals surface area contributed by atoms with Gasteiger partial charge in [0.1, 0.15) is 5.82 Å². The van der Waals surface area contributed by atoms with Crippen molar-refractivity contribution in [3.05, 3.63) is 23.9 Å². The van der Waals surface area contributed by atoms with Crippen molar-refractivity contribution >= 4 is 23.7 Å². The molecule has 3 amide bonds. The largest absolute Gasteiger partial charge is 0.354 e. The van der Waals surface area contributed by atoms with E-state index >= 15 is 0 Å². The first kappa shape index (κ1) is 18.0. The molecule has 0 unspecified atom stereocenters. The van der Waals surface area contributed by atoms with Gasteiger partial charge in [-0.1, -0.05) is 0 Å². The molecule has 2 saturated heterocycles. The Hall–Kier alpha value is -2.84. The molecule has 3 rings (SSSR count). The fourth-order valence-electron chi connectivity index (χ4n) is 3.28. The predicted molar refractivity (Wildman–Crippen MR) is 98.3 cm³/mol. The zero-order chi connectivity index (χ0) is 18.7. The number of carbonyl (C=O) groups is 2. The summed E-state index contributed by atoms with van der Waals surface area (Å²) in [6.07, 6.45) is 3.11. The second-order valence-corrected chi connectivity index (χ2v) is 7.11. The second-order valence-electron chi connectivity index (χ2n) is 7.11. The number of anilines is 1. The quantitative estimate of drug-likeness (QED) is 0.544. The van der Waals surface area contributed by atoms with Gasteiger partial charge in [-0.2, -0.15) is 0 Å². The third-order valence-corrected chi connectivity index (χ3v) is 4.67. The maximum absolute atomic E-state index is 12.8. The second kappa shape index (κ2) is 7.19. The average molecular weight is 359 g/mol. The van der Waals surface area contributed by atoms with Crippen LogP contribution in [0.15, 0.2) is 18.3 Å². The molecule has 2 aliphatic rings. The number of aromatic nitrogens is 1. The highest BCUT2D eigenvalue weighted by molar-refractivity contribution is 5.96. The summed E-state index contributed by atoms with van der Waals surface area (Å²) >= 11 is 0. The van der Waals surface area contributed by atoms with E-state index in [9.17, 15) is 9.59 Å². The van der Waals surface area contributed by atoms with E-state index in [1.165, 1.54) is 6.20 Å². The number of hydrogen-bond donors (Lipinski definition) is 5. The molecule has 2 fully saturated rings. The van der Waals surface area contributed by atoms with E-state index in [1.807, 2.05) is 18.7 Å². The van der Waals surface area contributed by atoms with Crippen LogP contribution in [0.25, 0.3) is 0 Å². The normalized spacial score (nSPS) is 18.4. The number of likely N-dealkylation sites (tertiary alicyclic amines) is 1. The monoisotopic (exact) mass is 359 g/mol. The Morgan fingerprint density at radius 2 is 2.08 bits per heavy atom. The van der Waals surface area contributed by atoms with E-state index in [-0.39, 0.29) is 23.5 Å². The van der Waals surface area contributed by atoms with Crippen LogP contribution in [0, 0.1) is 5.41 Å². The Balaban J connectivity index is 1.61. The van der Waals surface area contributed by atoms with Crippen molar-refractivity contribution in [2.75, 3.05) is 25.0 Å². The molecule has 1 aromatic rings. The van der Waals surface area contributed by atoms with Crippen molar-refractivity contribution in [1.29, 1.82) is 5.41 Å². The molecule has 0 bridgehead atoms. The summed E-state index contributed by atoms with van der Waals surface area (Å²) in [5.41, 5.74) is 0.384. The third kappa shape index (κ3) is 4.04. The number of guanidine groups is 1. The summed E-state index contributed by atoms with van der Waals surface area (Å²) in [7, 11) is 0. The van der Waals surface area contributed by atoms with E-state index < -0.39 is 0 Å². The first-order valence-electron chi connectivity index (χ1n) is 8.80. The molecule has 0 aromatic carbocycles. The Labute approximate surface area is 152 Å². The summed E-state index contributed by atoms with van der Waals surface area (Å²) < 4.78 is 0. The Kier molecular flexibility index (Phi) is 4.97. The van der Waals surface area contributed by atoms with Crippen molar-refractivity contribution in [2.45, 2.75) is 38.3 Å². The van der Waals surface area contributed by atoms with Crippen molar-refractivity contribution in [1.82, 2.24) is 25.8 Å². The van der Waals surface area contributed by atoms with E-state index in [0.717, 1.165) is 19.4 Å². The molecule has 26 heavy (non-hydrogen) atoms. The van der Waals surface area contributed by atoms with Gasteiger partial charge in [0.15, 0.2) is 5.96 Å². The molecule has 0 atom stereocenters. The SMILES string of the molecule is CC(C)NC(=O)Nc1cc(C(=O)N2CCC3(CC2)CNC(=N)N3)ccn1. The van der Waals surface area contributed by atoms with E-state index in [1.54, 1.807) is 12.1 Å². The van der Waals surface area contributed by atoms with Crippen LogP contribution in [0.5, 0.6) is 0 Å². The van der Waals surface area contributed by atoms with Crippen LogP contribution >= 0.6 is 0 Å². The van der Waals surface area contributed by atoms with Gasteiger partial charge in [-0.25, -0.2) is 9.78 Å². The average Bonchev–Trinajstić information content (AvgIpc) is 2.95. The van der Waals surface area contributed by atoms with Gasteiger partial charge in [0, 0.05) is 37.4 Å². The summed E-state index contributed by atoms with van der Waals surface area (Å²) in [6.45, 7) is 5.71. The van der Waals surface area contributed by atoms with Gasteiger partial charge in [-0.3, -0.25) is 15.5 Å². The minimum Gasteiger partial charge on any atom is -0.354 e. The number of piperidine rings is 1. The maximum atomic E-state index is 12.8. The lowest BCUT2D eigenvalue weighted by atomic mass is 9.88. The molecule has 0 radical (unpaired) electrons. The molecular weight excluding hydrogens is 334 g/mol. The minimum atomic E-state index is -0.348. The number of hydrogen-bond acceptors (Lipinski definition) is 4. The van der Waals surface area contributed by atoms with Crippen LogP contribution in [-0.4, -0.2) is 59.0 Å². The Bertz CT molecular complexity index is 711. The highest BCUT2D eigenvalue weighted by atomic mass is 16.2. The van der Waals surface area contributed by atoms with Gasteiger partial charge < -0.3 is 20.9 Å². The molecule has 140 valence electrons. The van der Waals surface area contributed by atoms with Crippen LogP contribution in [-0.2, 0) is 0 Å². The van der Waals surface area contributed by atoms with E-state index in [0.29, 0.717) is 30.4 Å². The van der Waals surface area contributed by atoms with Crippen LogP contribution in [0.3, 0.4) is 0 Å². The smallest absolute Gasteiger partial charge is 0.320 e. The molecule has 5 N–H and O–H groups in total. The fourth-order valence-corrected chi connectivity index (χ4v) is 3.28. The maximum Gasteiger partial charge on any atom is 0.320 e. The van der Waals surface area contributed by atoms with E-state index in [2.05, 4.69) is 26.3 Å². The molecule has 9 nitrogen and oxygen atoms in total. The Morgan fingerprint density at radius 3 is 2.69 bits per heavy atom. The minimum absolute atomic E-state index is 0.0145. The van der Waals surface area contributed by atoms with E-state index in [4.69, 9.17) is 5.41 Å². The Morgan fingerprint density at radius 1 is 1.35 bits per heavy atom. The van der Waals surface area contributed by atoms with Gasteiger partial charge in [0.05, 0.1) is 5.54 Å². The predicted octanol–water partition coefficient (Wildman–Crippen LogP) is 0.714. The number of urea groups is 1. The number of amides is 3. The van der Waals surface area contributed by atoms with Crippen molar-refractivity contribution in [3.8, 4) is 0 Å².